The molecule has 2 heterocycles. The molecular weight excluding hydrogens is 855 g/mol. The van der Waals surface area contributed by atoms with Gasteiger partial charge in [0.2, 0.25) is 0 Å². The molecule has 12 aromatic rings. The molecule has 11 aromatic carbocycles. The Kier molecular flexibility index (Phi) is 7.96. The highest BCUT2D eigenvalue weighted by Crippen LogP contribution is 2.64. The van der Waals surface area contributed by atoms with Crippen LogP contribution >= 0.6 is 11.3 Å². The van der Waals surface area contributed by atoms with Gasteiger partial charge in [-0.05, 0) is 115 Å². The van der Waals surface area contributed by atoms with Crippen molar-refractivity contribution in [3.8, 4) is 44.9 Å². The first-order valence-corrected chi connectivity index (χ1v) is 24.8. The molecule has 0 unspecified atom stereocenters. The lowest BCUT2D eigenvalue weighted by atomic mass is 9.65. The summed E-state index contributed by atoms with van der Waals surface area (Å²) in [5, 5.41) is 7.15. The van der Waals surface area contributed by atoms with Crippen molar-refractivity contribution in [1.82, 2.24) is 0 Å². The summed E-state index contributed by atoms with van der Waals surface area (Å²) < 4.78 is 9.82. The molecule has 15 rings (SSSR count). The van der Waals surface area contributed by atoms with Gasteiger partial charge in [0.25, 0.3) is 0 Å². The molecule has 3 heteroatoms. The zero-order valence-corrected chi connectivity index (χ0v) is 38.9. The Morgan fingerprint density at radius 2 is 0.928 bits per heavy atom. The molecule has 0 fully saturated rings. The fourth-order valence-corrected chi connectivity index (χ4v) is 13.7. The van der Waals surface area contributed by atoms with E-state index in [0.29, 0.717) is 0 Å². The standard InChI is InChI=1S/C66H43NOS/c1-65(2)53-21-10-7-18-48(53)50-35-33-45(39-57(50)65)67(59-23-13-25-61-62(59)52-20-9-12-24-60(52)69-61)44-31-26-40(27-32-44)43-28-34-51-49-19-8-11-22-54(49)66(58(51)38-43)55-36-29-41-14-3-5-16-46(41)63(55)68-64-47-17-6-4-15-42(47)30-37-56(64)66/h3-39H,1-2H3. The summed E-state index contributed by atoms with van der Waals surface area (Å²) in [5.74, 6) is 1.86. The Labute approximate surface area is 405 Å². The molecule has 2 nitrogen and oxygen atoms in total. The summed E-state index contributed by atoms with van der Waals surface area (Å²) in [6, 6.07) is 83.7. The number of hydrogen-bond donors (Lipinski definition) is 0. The van der Waals surface area contributed by atoms with Crippen LogP contribution in [0.15, 0.2) is 224 Å². The molecule has 324 valence electrons. The minimum Gasteiger partial charge on any atom is -0.455 e. The quantitative estimate of drug-likeness (QED) is 0.175. The predicted molar refractivity (Wildman–Crippen MR) is 289 cm³/mol. The molecule has 0 bridgehead atoms. The summed E-state index contributed by atoms with van der Waals surface area (Å²) in [4.78, 5) is 2.49. The van der Waals surface area contributed by atoms with Gasteiger partial charge in [-0.2, -0.15) is 0 Å². The normalized spacial score (nSPS) is 14.3. The van der Waals surface area contributed by atoms with E-state index in [1.807, 2.05) is 11.3 Å². The zero-order valence-electron chi connectivity index (χ0n) is 38.1. The van der Waals surface area contributed by atoms with Crippen LogP contribution in [0.1, 0.15) is 47.2 Å². The Balaban J connectivity index is 0.926. The van der Waals surface area contributed by atoms with Crippen molar-refractivity contribution in [3.05, 3.63) is 258 Å². The largest absolute Gasteiger partial charge is 0.455 e. The molecule has 1 spiro atoms. The van der Waals surface area contributed by atoms with Crippen molar-refractivity contribution in [2.75, 3.05) is 4.90 Å². The Hall–Kier alpha value is -8.24. The second-order valence-electron chi connectivity index (χ2n) is 19.5. The molecule has 0 saturated heterocycles. The van der Waals surface area contributed by atoms with E-state index in [2.05, 4.69) is 243 Å². The lowest BCUT2D eigenvalue weighted by Gasteiger charge is -2.40. The average Bonchev–Trinajstić information content (AvgIpc) is 4.00. The van der Waals surface area contributed by atoms with Gasteiger partial charge in [-0.1, -0.05) is 190 Å². The molecule has 3 aliphatic rings. The van der Waals surface area contributed by atoms with Crippen LogP contribution in [0, 0.1) is 0 Å². The topological polar surface area (TPSA) is 12.5 Å². The maximum absolute atomic E-state index is 7.24. The molecule has 2 aliphatic carbocycles. The van der Waals surface area contributed by atoms with Gasteiger partial charge in [0.05, 0.1) is 11.1 Å². The lowest BCUT2D eigenvalue weighted by molar-refractivity contribution is 0.447. The minimum atomic E-state index is -0.612. The van der Waals surface area contributed by atoms with Crippen molar-refractivity contribution in [3.63, 3.8) is 0 Å². The SMILES string of the molecule is CC1(C)c2ccccc2-c2ccc(N(c3ccc(-c4ccc5c(c4)C4(c6ccccc6-5)c5ccc6ccccc6c5Oc5c4ccc4ccccc54)cc3)c3cccc4sc5ccccc5c34)cc21. The van der Waals surface area contributed by atoms with Crippen LogP contribution in [0.2, 0.25) is 0 Å². The summed E-state index contributed by atoms with van der Waals surface area (Å²) in [5.41, 5.74) is 17.9. The van der Waals surface area contributed by atoms with E-state index in [0.717, 1.165) is 33.6 Å². The number of thiophene rings is 1. The second-order valence-corrected chi connectivity index (χ2v) is 20.6. The third kappa shape index (κ3) is 5.26. The van der Waals surface area contributed by atoms with Crippen molar-refractivity contribution >= 4 is 70.1 Å². The van der Waals surface area contributed by atoms with Gasteiger partial charge in [-0.15, -0.1) is 11.3 Å². The van der Waals surface area contributed by atoms with E-state index >= 15 is 0 Å². The van der Waals surface area contributed by atoms with E-state index in [1.54, 1.807) is 0 Å². The van der Waals surface area contributed by atoms with Crippen molar-refractivity contribution in [1.29, 1.82) is 0 Å². The number of hydrogen-bond acceptors (Lipinski definition) is 3. The molecule has 0 radical (unpaired) electrons. The molecule has 0 atom stereocenters. The Morgan fingerprint density at radius 3 is 1.67 bits per heavy atom. The average molecular weight is 898 g/mol. The summed E-state index contributed by atoms with van der Waals surface area (Å²) >= 11 is 1.87. The summed E-state index contributed by atoms with van der Waals surface area (Å²) in [7, 11) is 0. The van der Waals surface area contributed by atoms with E-state index in [9.17, 15) is 0 Å². The third-order valence-corrected chi connectivity index (χ3v) is 16.9. The van der Waals surface area contributed by atoms with Crippen LogP contribution < -0.4 is 9.64 Å². The van der Waals surface area contributed by atoms with Crippen molar-refractivity contribution < 1.29 is 4.74 Å². The van der Waals surface area contributed by atoms with Crippen molar-refractivity contribution in [2.24, 2.45) is 0 Å². The molecule has 1 aromatic heterocycles. The highest BCUT2D eigenvalue weighted by atomic mass is 32.1. The summed E-state index contributed by atoms with van der Waals surface area (Å²) in [6.45, 7) is 4.74. The number of fused-ring (bicyclic) bond motifs is 19. The molecular formula is C66H43NOS. The molecule has 0 N–H and O–H groups in total. The fraction of sp³-hybridized carbons (Fsp3) is 0.0606. The van der Waals surface area contributed by atoms with Gasteiger partial charge >= 0.3 is 0 Å². The van der Waals surface area contributed by atoms with Gasteiger partial charge in [-0.25, -0.2) is 0 Å². The number of ether oxygens (including phenoxy) is 1. The van der Waals surface area contributed by atoms with Gasteiger partial charge in [0, 0.05) is 58.9 Å². The van der Waals surface area contributed by atoms with Gasteiger partial charge in [0.1, 0.15) is 11.5 Å². The first-order valence-electron chi connectivity index (χ1n) is 24.0. The zero-order chi connectivity index (χ0) is 45.6. The third-order valence-electron chi connectivity index (χ3n) is 15.7. The highest BCUT2D eigenvalue weighted by molar-refractivity contribution is 7.26. The van der Waals surface area contributed by atoms with Gasteiger partial charge in [-0.3, -0.25) is 0 Å². The van der Waals surface area contributed by atoms with Gasteiger partial charge < -0.3 is 9.64 Å². The number of rotatable bonds is 4. The predicted octanol–water partition coefficient (Wildman–Crippen LogP) is 18.3. The van der Waals surface area contributed by atoms with E-state index in [4.69, 9.17) is 4.74 Å². The van der Waals surface area contributed by atoms with Crippen LogP contribution in [0.4, 0.5) is 17.1 Å². The van der Waals surface area contributed by atoms with Crippen LogP contribution in [0.25, 0.3) is 75.1 Å². The molecule has 69 heavy (non-hydrogen) atoms. The maximum atomic E-state index is 7.24. The number of benzene rings is 11. The van der Waals surface area contributed by atoms with E-state index < -0.39 is 5.41 Å². The Bertz CT molecular complexity index is 4070. The van der Waals surface area contributed by atoms with Gasteiger partial charge in [0.15, 0.2) is 0 Å². The first kappa shape index (κ1) is 38.8. The molecule has 0 saturated carbocycles. The minimum absolute atomic E-state index is 0.130. The van der Waals surface area contributed by atoms with E-state index in [-0.39, 0.29) is 5.41 Å². The second kappa shape index (κ2) is 14.1. The molecule has 0 amide bonds. The van der Waals surface area contributed by atoms with Crippen molar-refractivity contribution in [2.45, 2.75) is 24.7 Å². The van der Waals surface area contributed by atoms with Crippen LogP contribution in [0.5, 0.6) is 11.5 Å². The Morgan fingerprint density at radius 1 is 0.377 bits per heavy atom. The lowest BCUT2D eigenvalue weighted by Crippen LogP contribution is -2.32. The van der Waals surface area contributed by atoms with E-state index in [1.165, 1.54) is 103 Å². The summed E-state index contributed by atoms with van der Waals surface area (Å²) in [6.07, 6.45) is 0. The monoisotopic (exact) mass is 897 g/mol. The first-order chi connectivity index (χ1) is 34.0. The smallest absolute Gasteiger partial charge is 0.140 e. The highest BCUT2D eigenvalue weighted by Gasteiger charge is 2.52. The fourth-order valence-electron chi connectivity index (χ4n) is 12.6. The van der Waals surface area contributed by atoms with Crippen LogP contribution in [0.3, 0.4) is 0 Å². The number of anilines is 3. The van der Waals surface area contributed by atoms with Crippen LogP contribution in [-0.2, 0) is 10.8 Å². The van der Waals surface area contributed by atoms with Crippen LogP contribution in [-0.4, -0.2) is 0 Å². The molecule has 1 aliphatic heterocycles. The maximum Gasteiger partial charge on any atom is 0.140 e. The number of nitrogens with zero attached hydrogens (tertiary/aromatic N) is 1.